The Morgan fingerprint density at radius 2 is 2.50 bits per heavy atom. The van der Waals surface area contributed by atoms with Crippen LogP contribution in [0.1, 0.15) is 6.42 Å². The van der Waals surface area contributed by atoms with Crippen molar-refractivity contribution in [2.75, 3.05) is 19.7 Å². The summed E-state index contributed by atoms with van der Waals surface area (Å²) >= 11 is 0. The van der Waals surface area contributed by atoms with Gasteiger partial charge in [-0.25, -0.2) is 0 Å². The molecule has 0 aromatic heterocycles. The third kappa shape index (κ3) is 6.99. The Hall–Kier alpha value is -1.01. The van der Waals surface area contributed by atoms with Gasteiger partial charge < -0.3 is 10.1 Å². The highest BCUT2D eigenvalue weighted by Crippen LogP contribution is 1.79. The molecule has 0 aliphatic rings. The van der Waals surface area contributed by atoms with E-state index >= 15 is 0 Å². The average molecular weight is 140 g/mol. The monoisotopic (exact) mass is 140 g/mol. The van der Waals surface area contributed by atoms with Crippen LogP contribution in [0.3, 0.4) is 0 Å². The standard InChI is InChI=1S/C7H12N2O/c1-2-10-7-3-5-9-6-4-8/h2,9H,1,3,5-7H2. The average Bonchev–Trinajstić information content (AvgIpc) is 1.97. The molecular weight excluding hydrogens is 128 g/mol. The fraction of sp³-hybridized carbons (Fsp3) is 0.571. The molecule has 0 unspecified atom stereocenters. The maximum Gasteiger partial charge on any atom is 0.0885 e. The van der Waals surface area contributed by atoms with Crippen LogP contribution in [0.2, 0.25) is 0 Å². The lowest BCUT2D eigenvalue weighted by atomic mass is 10.4. The second-order valence-corrected chi connectivity index (χ2v) is 1.73. The molecule has 0 aliphatic carbocycles. The molecule has 56 valence electrons. The summed E-state index contributed by atoms with van der Waals surface area (Å²) in [5.74, 6) is 0. The van der Waals surface area contributed by atoms with Crippen molar-refractivity contribution in [3.63, 3.8) is 0 Å². The zero-order chi connectivity index (χ0) is 7.66. The van der Waals surface area contributed by atoms with E-state index in [9.17, 15) is 0 Å². The van der Waals surface area contributed by atoms with Crippen LogP contribution in [-0.2, 0) is 4.74 Å². The van der Waals surface area contributed by atoms with Gasteiger partial charge in [-0.05, 0) is 13.0 Å². The fourth-order valence-electron chi connectivity index (χ4n) is 0.508. The molecule has 0 rings (SSSR count). The van der Waals surface area contributed by atoms with Gasteiger partial charge in [-0.2, -0.15) is 5.26 Å². The van der Waals surface area contributed by atoms with Crippen LogP contribution < -0.4 is 5.32 Å². The van der Waals surface area contributed by atoms with Gasteiger partial charge >= 0.3 is 0 Å². The highest BCUT2D eigenvalue weighted by atomic mass is 16.5. The van der Waals surface area contributed by atoms with Gasteiger partial charge in [0.05, 0.1) is 25.5 Å². The van der Waals surface area contributed by atoms with E-state index in [0.29, 0.717) is 13.2 Å². The molecule has 0 radical (unpaired) electrons. The molecule has 10 heavy (non-hydrogen) atoms. The molecular formula is C7H12N2O. The number of nitriles is 1. The van der Waals surface area contributed by atoms with Crippen LogP contribution in [-0.4, -0.2) is 19.7 Å². The van der Waals surface area contributed by atoms with E-state index < -0.39 is 0 Å². The summed E-state index contributed by atoms with van der Waals surface area (Å²) in [5.41, 5.74) is 0. The molecule has 3 nitrogen and oxygen atoms in total. The lowest BCUT2D eigenvalue weighted by molar-refractivity contribution is 0.245. The smallest absolute Gasteiger partial charge is 0.0885 e. The van der Waals surface area contributed by atoms with Crippen molar-refractivity contribution in [2.24, 2.45) is 0 Å². The molecule has 0 bridgehead atoms. The first-order valence-electron chi connectivity index (χ1n) is 3.22. The molecule has 1 N–H and O–H groups in total. The minimum atomic E-state index is 0.411. The van der Waals surface area contributed by atoms with Crippen LogP contribution in [0.4, 0.5) is 0 Å². The Morgan fingerprint density at radius 3 is 3.10 bits per heavy atom. The van der Waals surface area contributed by atoms with E-state index in [1.165, 1.54) is 6.26 Å². The summed E-state index contributed by atoms with van der Waals surface area (Å²) in [6.07, 6.45) is 2.33. The van der Waals surface area contributed by atoms with E-state index in [4.69, 9.17) is 10.00 Å². The van der Waals surface area contributed by atoms with E-state index in [1.807, 2.05) is 6.07 Å². The third-order valence-corrected chi connectivity index (χ3v) is 0.938. The summed E-state index contributed by atoms with van der Waals surface area (Å²) in [6, 6.07) is 1.99. The van der Waals surface area contributed by atoms with Gasteiger partial charge in [0.1, 0.15) is 0 Å². The van der Waals surface area contributed by atoms with Gasteiger partial charge in [-0.15, -0.1) is 0 Å². The van der Waals surface area contributed by atoms with Gasteiger partial charge in [0.2, 0.25) is 0 Å². The second-order valence-electron chi connectivity index (χ2n) is 1.73. The predicted octanol–water partition coefficient (Wildman–Crippen LogP) is 0.650. The SMILES string of the molecule is C=COCCCNCC#N. The first kappa shape index (κ1) is 8.99. The summed E-state index contributed by atoms with van der Waals surface area (Å²) in [5, 5.41) is 11.0. The molecule has 0 spiro atoms. The van der Waals surface area contributed by atoms with Gasteiger partial charge in [0.25, 0.3) is 0 Å². The van der Waals surface area contributed by atoms with E-state index in [-0.39, 0.29) is 0 Å². The van der Waals surface area contributed by atoms with Gasteiger partial charge in [-0.3, -0.25) is 0 Å². The number of ether oxygens (including phenoxy) is 1. The fourth-order valence-corrected chi connectivity index (χ4v) is 0.508. The molecule has 0 aliphatic heterocycles. The number of nitrogens with zero attached hydrogens (tertiary/aromatic N) is 1. The zero-order valence-electron chi connectivity index (χ0n) is 5.97. The summed E-state index contributed by atoms with van der Waals surface area (Å²) in [4.78, 5) is 0. The van der Waals surface area contributed by atoms with Crippen molar-refractivity contribution in [3.8, 4) is 6.07 Å². The van der Waals surface area contributed by atoms with Crippen LogP contribution in [0, 0.1) is 11.3 Å². The van der Waals surface area contributed by atoms with Crippen molar-refractivity contribution >= 4 is 0 Å². The molecule has 0 aromatic carbocycles. The van der Waals surface area contributed by atoms with Crippen molar-refractivity contribution in [3.05, 3.63) is 12.8 Å². The predicted molar refractivity (Wildman–Crippen MR) is 39.2 cm³/mol. The molecule has 0 saturated carbocycles. The molecule has 3 heteroatoms. The Kier molecular flexibility index (Phi) is 7.18. The maximum atomic E-state index is 8.11. The lowest BCUT2D eigenvalue weighted by Gasteiger charge is -1.99. The van der Waals surface area contributed by atoms with Crippen LogP contribution in [0.5, 0.6) is 0 Å². The third-order valence-electron chi connectivity index (χ3n) is 0.938. The topological polar surface area (TPSA) is 45.0 Å². The first-order valence-corrected chi connectivity index (χ1v) is 3.22. The van der Waals surface area contributed by atoms with Crippen LogP contribution in [0.25, 0.3) is 0 Å². The minimum Gasteiger partial charge on any atom is -0.502 e. The largest absolute Gasteiger partial charge is 0.502 e. The Bertz CT molecular complexity index is 117. The van der Waals surface area contributed by atoms with Gasteiger partial charge in [0, 0.05) is 0 Å². The second kappa shape index (κ2) is 7.99. The first-order chi connectivity index (χ1) is 4.91. The van der Waals surface area contributed by atoms with Crippen molar-refractivity contribution in [1.82, 2.24) is 5.32 Å². The molecule has 0 heterocycles. The number of rotatable bonds is 6. The Labute approximate surface area is 61.3 Å². The van der Waals surface area contributed by atoms with Crippen molar-refractivity contribution in [1.29, 1.82) is 5.26 Å². The lowest BCUT2D eigenvalue weighted by Crippen LogP contribution is -2.16. The van der Waals surface area contributed by atoms with E-state index in [0.717, 1.165) is 13.0 Å². The quantitative estimate of drug-likeness (QED) is 0.334. The molecule has 0 fully saturated rings. The molecule has 0 aromatic rings. The number of hydrogen-bond donors (Lipinski definition) is 1. The Morgan fingerprint density at radius 1 is 1.70 bits per heavy atom. The molecule has 0 amide bonds. The molecule has 0 saturated heterocycles. The van der Waals surface area contributed by atoms with Crippen LogP contribution in [0.15, 0.2) is 12.8 Å². The minimum absolute atomic E-state index is 0.411. The summed E-state index contributed by atoms with van der Waals surface area (Å²) in [6.45, 7) is 5.30. The highest BCUT2D eigenvalue weighted by molar-refractivity contribution is 4.72. The molecule has 0 atom stereocenters. The Balaban J connectivity index is 2.78. The summed E-state index contributed by atoms with van der Waals surface area (Å²) in [7, 11) is 0. The normalized spacial score (nSPS) is 8.30. The summed E-state index contributed by atoms with van der Waals surface area (Å²) < 4.78 is 4.85. The van der Waals surface area contributed by atoms with Crippen LogP contribution >= 0.6 is 0 Å². The number of hydrogen-bond acceptors (Lipinski definition) is 3. The number of nitrogens with one attached hydrogen (secondary N) is 1. The zero-order valence-corrected chi connectivity index (χ0v) is 5.97. The van der Waals surface area contributed by atoms with Gasteiger partial charge in [0.15, 0.2) is 0 Å². The maximum absolute atomic E-state index is 8.11. The van der Waals surface area contributed by atoms with E-state index in [1.54, 1.807) is 0 Å². The van der Waals surface area contributed by atoms with E-state index in [2.05, 4.69) is 11.9 Å². The van der Waals surface area contributed by atoms with Gasteiger partial charge in [-0.1, -0.05) is 6.58 Å². The highest BCUT2D eigenvalue weighted by Gasteiger charge is 1.84. The van der Waals surface area contributed by atoms with Crippen molar-refractivity contribution < 1.29 is 4.74 Å². The van der Waals surface area contributed by atoms with Crippen molar-refractivity contribution in [2.45, 2.75) is 6.42 Å².